The van der Waals surface area contributed by atoms with Crippen LogP contribution in [0.1, 0.15) is 0 Å². The summed E-state index contributed by atoms with van der Waals surface area (Å²) in [5, 5.41) is 28.9. The lowest BCUT2D eigenvalue weighted by Crippen LogP contribution is -2.13. The van der Waals surface area contributed by atoms with Gasteiger partial charge >= 0.3 is 0 Å². The van der Waals surface area contributed by atoms with Crippen molar-refractivity contribution >= 4 is 39.8 Å². The number of aromatic nitrogens is 4. The van der Waals surface area contributed by atoms with Crippen LogP contribution >= 0.6 is 23.1 Å². The molecule has 0 spiro atoms. The van der Waals surface area contributed by atoms with Gasteiger partial charge in [0.1, 0.15) is 5.51 Å². The van der Waals surface area contributed by atoms with Crippen molar-refractivity contribution in [2.75, 3.05) is 11.1 Å². The van der Waals surface area contributed by atoms with E-state index >= 15 is 0 Å². The topological polar surface area (TPSA) is 137 Å². The fourth-order valence-corrected chi connectivity index (χ4v) is 2.67. The predicted molar refractivity (Wildman–Crippen MR) is 85.7 cm³/mol. The van der Waals surface area contributed by atoms with Crippen molar-refractivity contribution in [1.82, 2.24) is 20.4 Å². The standard InChI is InChI=1S/C12H8N6O4S2/c19-9(14-11-16-13-6-24-11)5-23-12-17-15-10(22-12)7-2-1-3-8(4-7)18(20)21/h1-4,6H,5H2,(H,14,16,19). The summed E-state index contributed by atoms with van der Waals surface area (Å²) in [7, 11) is 0. The molecule has 0 bridgehead atoms. The minimum absolute atomic E-state index is 0.0517. The van der Waals surface area contributed by atoms with Gasteiger partial charge in [-0.05, 0) is 6.07 Å². The molecular formula is C12H8N6O4S2. The number of amides is 1. The van der Waals surface area contributed by atoms with Gasteiger partial charge in [-0.2, -0.15) is 0 Å². The third-order valence-corrected chi connectivity index (χ3v) is 4.07. The van der Waals surface area contributed by atoms with E-state index in [9.17, 15) is 14.9 Å². The first-order valence-electron chi connectivity index (χ1n) is 6.39. The summed E-state index contributed by atoms with van der Waals surface area (Å²) in [5.41, 5.74) is 1.87. The van der Waals surface area contributed by atoms with Crippen molar-refractivity contribution in [1.29, 1.82) is 0 Å². The van der Waals surface area contributed by atoms with Crippen LogP contribution in [0.5, 0.6) is 0 Å². The second-order valence-corrected chi connectivity index (χ2v) is 6.02. The van der Waals surface area contributed by atoms with Gasteiger partial charge in [-0.25, -0.2) is 0 Å². The number of hydrogen-bond acceptors (Lipinski definition) is 10. The van der Waals surface area contributed by atoms with Gasteiger partial charge in [-0.15, -0.1) is 20.4 Å². The molecule has 122 valence electrons. The molecule has 24 heavy (non-hydrogen) atoms. The van der Waals surface area contributed by atoms with Crippen molar-refractivity contribution in [3.63, 3.8) is 0 Å². The lowest BCUT2D eigenvalue weighted by atomic mass is 10.2. The fraction of sp³-hybridized carbons (Fsp3) is 0.0833. The molecule has 10 nitrogen and oxygen atoms in total. The summed E-state index contributed by atoms with van der Waals surface area (Å²) in [6.07, 6.45) is 0. The van der Waals surface area contributed by atoms with E-state index < -0.39 is 4.92 Å². The molecule has 2 heterocycles. The highest BCUT2D eigenvalue weighted by Crippen LogP contribution is 2.25. The van der Waals surface area contributed by atoms with Crippen LogP contribution in [0.2, 0.25) is 0 Å². The highest BCUT2D eigenvalue weighted by Gasteiger charge is 2.14. The van der Waals surface area contributed by atoms with E-state index in [0.29, 0.717) is 10.7 Å². The highest BCUT2D eigenvalue weighted by molar-refractivity contribution is 7.99. The Labute approximate surface area is 142 Å². The zero-order chi connectivity index (χ0) is 16.9. The van der Waals surface area contributed by atoms with Crippen molar-refractivity contribution in [2.45, 2.75) is 5.22 Å². The normalized spacial score (nSPS) is 10.5. The number of nitrogens with one attached hydrogen (secondary N) is 1. The number of benzene rings is 1. The van der Waals surface area contributed by atoms with Crippen molar-refractivity contribution in [3.8, 4) is 11.5 Å². The van der Waals surface area contributed by atoms with E-state index in [1.165, 1.54) is 35.0 Å². The Bertz CT molecular complexity index is 866. The van der Waals surface area contributed by atoms with Crippen LogP contribution in [0.4, 0.5) is 10.8 Å². The number of thioether (sulfide) groups is 1. The first-order chi connectivity index (χ1) is 11.6. The number of carbonyl (C=O) groups is 1. The summed E-state index contributed by atoms with van der Waals surface area (Å²) in [6.45, 7) is 0. The molecule has 0 unspecified atom stereocenters. The number of non-ortho nitro benzene ring substituents is 1. The minimum Gasteiger partial charge on any atom is -0.411 e. The molecular weight excluding hydrogens is 356 g/mol. The second kappa shape index (κ2) is 7.14. The smallest absolute Gasteiger partial charge is 0.277 e. The number of nitro benzene ring substituents is 1. The summed E-state index contributed by atoms with van der Waals surface area (Å²) >= 11 is 2.25. The molecule has 3 rings (SSSR count). The maximum atomic E-state index is 11.7. The first-order valence-corrected chi connectivity index (χ1v) is 8.25. The maximum Gasteiger partial charge on any atom is 0.277 e. The number of nitrogens with zero attached hydrogens (tertiary/aromatic N) is 5. The molecule has 1 aromatic carbocycles. The van der Waals surface area contributed by atoms with Crippen molar-refractivity contribution in [3.05, 3.63) is 39.9 Å². The molecule has 1 amide bonds. The molecule has 0 aliphatic rings. The van der Waals surface area contributed by atoms with Gasteiger partial charge in [0.2, 0.25) is 16.9 Å². The van der Waals surface area contributed by atoms with Crippen LogP contribution in [0.15, 0.2) is 39.4 Å². The summed E-state index contributed by atoms with van der Waals surface area (Å²) in [4.78, 5) is 22.0. The molecule has 0 saturated heterocycles. The van der Waals surface area contributed by atoms with Gasteiger partial charge in [-0.1, -0.05) is 29.2 Å². The van der Waals surface area contributed by atoms with Crippen LogP contribution in [0.25, 0.3) is 11.5 Å². The zero-order valence-corrected chi connectivity index (χ0v) is 13.4. The molecule has 2 aromatic heterocycles. The highest BCUT2D eigenvalue weighted by atomic mass is 32.2. The van der Waals surface area contributed by atoms with Gasteiger partial charge in [0.05, 0.1) is 10.7 Å². The van der Waals surface area contributed by atoms with Crippen molar-refractivity contribution < 1.29 is 14.1 Å². The zero-order valence-electron chi connectivity index (χ0n) is 11.8. The molecule has 3 aromatic rings. The van der Waals surface area contributed by atoms with Crippen LogP contribution in [-0.4, -0.2) is 37.0 Å². The summed E-state index contributed by atoms with van der Waals surface area (Å²) in [5.74, 6) is -0.0894. The monoisotopic (exact) mass is 364 g/mol. The Morgan fingerprint density at radius 1 is 1.38 bits per heavy atom. The Kier molecular flexibility index (Phi) is 4.77. The lowest BCUT2D eigenvalue weighted by molar-refractivity contribution is -0.384. The Balaban J connectivity index is 1.62. The molecule has 0 fully saturated rings. The molecule has 12 heteroatoms. The fourth-order valence-electron chi connectivity index (χ4n) is 1.65. The van der Waals surface area contributed by atoms with E-state index in [0.717, 1.165) is 11.8 Å². The molecule has 1 N–H and O–H groups in total. The van der Waals surface area contributed by atoms with Gasteiger partial charge < -0.3 is 4.42 Å². The summed E-state index contributed by atoms with van der Waals surface area (Å²) < 4.78 is 5.40. The number of carbonyl (C=O) groups excluding carboxylic acids is 1. The van der Waals surface area contributed by atoms with E-state index in [1.54, 1.807) is 6.07 Å². The van der Waals surface area contributed by atoms with Crippen LogP contribution < -0.4 is 5.32 Å². The van der Waals surface area contributed by atoms with Gasteiger partial charge in [-0.3, -0.25) is 20.2 Å². The van der Waals surface area contributed by atoms with E-state index in [4.69, 9.17) is 4.42 Å². The van der Waals surface area contributed by atoms with Crippen molar-refractivity contribution in [2.24, 2.45) is 0 Å². The molecule has 0 aliphatic carbocycles. The minimum atomic E-state index is -0.507. The molecule has 0 saturated carbocycles. The third kappa shape index (κ3) is 3.91. The number of anilines is 1. The largest absolute Gasteiger partial charge is 0.411 e. The third-order valence-electron chi connectivity index (χ3n) is 2.64. The van der Waals surface area contributed by atoms with E-state index in [-0.39, 0.29) is 28.5 Å². The predicted octanol–water partition coefficient (Wildman–Crippen LogP) is 2.23. The SMILES string of the molecule is O=C(CSc1nnc(-c2cccc([N+](=O)[O-])c2)o1)Nc1nncs1. The first kappa shape index (κ1) is 16.0. The van der Waals surface area contributed by atoms with Gasteiger partial charge in [0.25, 0.3) is 10.9 Å². The Hall–Kier alpha value is -2.86. The Morgan fingerprint density at radius 3 is 3.00 bits per heavy atom. The van der Waals surface area contributed by atoms with E-state index in [2.05, 4.69) is 25.7 Å². The summed E-state index contributed by atoms with van der Waals surface area (Å²) in [6, 6.07) is 5.86. The van der Waals surface area contributed by atoms with Crippen LogP contribution in [0.3, 0.4) is 0 Å². The number of hydrogen-bond donors (Lipinski definition) is 1. The second-order valence-electron chi connectivity index (χ2n) is 4.26. The maximum absolute atomic E-state index is 11.7. The van der Waals surface area contributed by atoms with E-state index in [1.807, 2.05) is 0 Å². The quantitative estimate of drug-likeness (QED) is 0.396. The average Bonchev–Trinajstić information content (AvgIpc) is 3.24. The van der Waals surface area contributed by atoms with Gasteiger partial charge in [0, 0.05) is 17.7 Å². The van der Waals surface area contributed by atoms with Gasteiger partial charge in [0.15, 0.2) is 0 Å². The molecule has 0 aliphatic heterocycles. The number of rotatable bonds is 6. The Morgan fingerprint density at radius 2 is 2.25 bits per heavy atom. The van der Waals surface area contributed by atoms with Crippen LogP contribution in [0, 0.1) is 10.1 Å². The average molecular weight is 364 g/mol. The molecule has 0 atom stereocenters. The lowest BCUT2D eigenvalue weighted by Gasteiger charge is -1.98. The van der Waals surface area contributed by atoms with Crippen LogP contribution in [-0.2, 0) is 4.79 Å². The number of nitro groups is 1. The molecule has 0 radical (unpaired) electrons.